The lowest BCUT2D eigenvalue weighted by molar-refractivity contribution is -0.110. The fourth-order valence-electron chi connectivity index (χ4n) is 3.09. The number of aryl methyl sites for hydroxylation is 1. The average Bonchev–Trinajstić information content (AvgIpc) is 2.98. The Morgan fingerprint density at radius 2 is 1.68 bits per heavy atom. The van der Waals surface area contributed by atoms with Crippen LogP contribution in [0, 0.1) is 6.92 Å². The predicted octanol–water partition coefficient (Wildman–Crippen LogP) is 6.37. The summed E-state index contributed by atoms with van der Waals surface area (Å²) in [7, 11) is 0. The summed E-state index contributed by atoms with van der Waals surface area (Å²) in [6.07, 6.45) is 1.78. The Kier molecular flexibility index (Phi) is 5.12. The normalized spacial score (nSPS) is 14.1. The van der Waals surface area contributed by atoms with Crippen LogP contribution in [-0.2, 0) is 11.4 Å². The lowest BCUT2D eigenvalue weighted by Gasteiger charge is -2.11. The van der Waals surface area contributed by atoms with E-state index in [1.54, 1.807) is 18.2 Å². The van der Waals surface area contributed by atoms with Crippen LogP contribution in [0.5, 0.6) is 5.75 Å². The highest BCUT2D eigenvalue weighted by molar-refractivity contribution is 6.38. The topological polar surface area (TPSA) is 38.3 Å². The Morgan fingerprint density at radius 1 is 1.00 bits per heavy atom. The van der Waals surface area contributed by atoms with Crippen molar-refractivity contribution < 1.29 is 9.53 Å². The van der Waals surface area contributed by atoms with Crippen LogP contribution in [0.15, 0.2) is 60.7 Å². The van der Waals surface area contributed by atoms with E-state index in [0.717, 1.165) is 22.4 Å². The minimum atomic E-state index is -0.145. The largest absolute Gasteiger partial charge is 0.486 e. The summed E-state index contributed by atoms with van der Waals surface area (Å²) in [5, 5.41) is 3.65. The van der Waals surface area contributed by atoms with Crippen LogP contribution in [-0.4, -0.2) is 5.91 Å². The number of carbonyl (C=O) groups is 1. The third kappa shape index (κ3) is 3.77. The van der Waals surface area contributed by atoms with Gasteiger partial charge in [0.25, 0.3) is 5.91 Å². The second kappa shape index (κ2) is 7.70. The molecule has 0 saturated carbocycles. The zero-order valence-corrected chi connectivity index (χ0v) is 16.6. The van der Waals surface area contributed by atoms with Crippen molar-refractivity contribution in [1.82, 2.24) is 0 Å². The number of hydrogen-bond donors (Lipinski definition) is 1. The van der Waals surface area contributed by atoms with Gasteiger partial charge >= 0.3 is 0 Å². The molecule has 0 bridgehead atoms. The van der Waals surface area contributed by atoms with Gasteiger partial charge in [0, 0.05) is 16.8 Å². The Hall–Kier alpha value is -2.75. The molecule has 1 aliphatic rings. The highest BCUT2D eigenvalue weighted by Gasteiger charge is 2.23. The fraction of sp³-hybridized carbons (Fsp3) is 0.0870. The third-order valence-corrected chi connectivity index (χ3v) is 5.11. The highest BCUT2D eigenvalue weighted by Crippen LogP contribution is 2.37. The number of anilines is 1. The molecule has 0 saturated heterocycles. The molecule has 140 valence electrons. The maximum atomic E-state index is 12.3. The molecular weight excluding hydrogens is 393 g/mol. The second-order valence-electron chi connectivity index (χ2n) is 6.65. The van der Waals surface area contributed by atoms with Gasteiger partial charge < -0.3 is 10.1 Å². The molecule has 3 nitrogen and oxygen atoms in total. The van der Waals surface area contributed by atoms with Crippen LogP contribution >= 0.6 is 23.2 Å². The Bertz CT molecular complexity index is 1070. The van der Waals surface area contributed by atoms with E-state index in [4.69, 9.17) is 27.9 Å². The number of hydrogen-bond acceptors (Lipinski definition) is 2. The van der Waals surface area contributed by atoms with E-state index >= 15 is 0 Å². The van der Waals surface area contributed by atoms with E-state index in [-0.39, 0.29) is 5.91 Å². The van der Waals surface area contributed by atoms with Gasteiger partial charge in [-0.2, -0.15) is 0 Å². The summed E-state index contributed by atoms with van der Waals surface area (Å²) in [4.78, 5) is 12.3. The molecule has 3 aromatic carbocycles. The van der Waals surface area contributed by atoms with E-state index in [9.17, 15) is 4.79 Å². The van der Waals surface area contributed by atoms with Gasteiger partial charge in [0.2, 0.25) is 0 Å². The van der Waals surface area contributed by atoms with Crippen LogP contribution in [0.3, 0.4) is 0 Å². The van der Waals surface area contributed by atoms with Gasteiger partial charge in [0.1, 0.15) is 6.61 Å². The van der Waals surface area contributed by atoms with Gasteiger partial charge in [0.15, 0.2) is 5.75 Å². The van der Waals surface area contributed by atoms with Crippen molar-refractivity contribution in [2.45, 2.75) is 13.5 Å². The maximum absolute atomic E-state index is 12.3. The zero-order chi connectivity index (χ0) is 19.7. The van der Waals surface area contributed by atoms with E-state index in [0.29, 0.717) is 28.0 Å². The average molecular weight is 410 g/mol. The van der Waals surface area contributed by atoms with Crippen molar-refractivity contribution in [3.05, 3.63) is 93.0 Å². The summed E-state index contributed by atoms with van der Waals surface area (Å²) < 4.78 is 5.83. The molecule has 4 rings (SSSR count). The smallest absolute Gasteiger partial charge is 0.256 e. The van der Waals surface area contributed by atoms with Gasteiger partial charge in [-0.15, -0.1) is 0 Å². The molecule has 28 heavy (non-hydrogen) atoms. The quantitative estimate of drug-likeness (QED) is 0.508. The molecule has 0 aliphatic carbocycles. The maximum Gasteiger partial charge on any atom is 0.256 e. The minimum absolute atomic E-state index is 0.145. The molecule has 0 atom stereocenters. The zero-order valence-electron chi connectivity index (χ0n) is 15.1. The summed E-state index contributed by atoms with van der Waals surface area (Å²) >= 11 is 12.8. The number of nitrogens with one attached hydrogen (secondary N) is 1. The van der Waals surface area contributed by atoms with E-state index in [2.05, 4.69) is 5.32 Å². The molecule has 1 amide bonds. The van der Waals surface area contributed by atoms with Crippen LogP contribution in [0.1, 0.15) is 22.3 Å². The third-order valence-electron chi connectivity index (χ3n) is 4.55. The molecule has 0 fully saturated rings. The van der Waals surface area contributed by atoms with Crippen LogP contribution in [0.2, 0.25) is 10.0 Å². The van der Waals surface area contributed by atoms with Gasteiger partial charge in [-0.05, 0) is 42.3 Å². The molecule has 0 spiro atoms. The number of amides is 1. The molecule has 5 heteroatoms. The Morgan fingerprint density at radius 3 is 2.39 bits per heavy atom. The molecule has 3 aromatic rings. The SMILES string of the molecule is Cc1ccc(COc2c(Cl)cc(/C=C3\C(=O)Nc4ccccc43)cc2Cl)cc1. The minimum Gasteiger partial charge on any atom is -0.486 e. The van der Waals surface area contributed by atoms with Crippen molar-refractivity contribution in [2.24, 2.45) is 0 Å². The monoisotopic (exact) mass is 409 g/mol. The van der Waals surface area contributed by atoms with Gasteiger partial charge in [0.05, 0.1) is 10.0 Å². The first kappa shape index (κ1) is 18.6. The van der Waals surface area contributed by atoms with Crippen molar-refractivity contribution >= 4 is 46.4 Å². The van der Waals surface area contributed by atoms with E-state index in [1.807, 2.05) is 55.5 Å². The number of benzene rings is 3. The fourth-order valence-corrected chi connectivity index (χ4v) is 3.70. The number of ether oxygens (including phenoxy) is 1. The molecule has 1 aliphatic heterocycles. The van der Waals surface area contributed by atoms with Crippen molar-refractivity contribution in [3.63, 3.8) is 0 Å². The van der Waals surface area contributed by atoms with Crippen molar-refractivity contribution in [1.29, 1.82) is 0 Å². The van der Waals surface area contributed by atoms with Crippen LogP contribution in [0.4, 0.5) is 5.69 Å². The number of halogens is 2. The number of para-hydroxylation sites is 1. The number of rotatable bonds is 4. The molecule has 0 unspecified atom stereocenters. The molecule has 1 heterocycles. The summed E-state index contributed by atoms with van der Waals surface area (Å²) in [6, 6.07) is 19.1. The van der Waals surface area contributed by atoms with Crippen molar-refractivity contribution in [2.75, 3.05) is 5.32 Å². The number of fused-ring (bicyclic) bond motifs is 1. The molecule has 1 N–H and O–H groups in total. The van der Waals surface area contributed by atoms with E-state index < -0.39 is 0 Å². The van der Waals surface area contributed by atoms with Gasteiger partial charge in [-0.25, -0.2) is 0 Å². The van der Waals surface area contributed by atoms with Crippen LogP contribution in [0.25, 0.3) is 11.6 Å². The van der Waals surface area contributed by atoms with Crippen molar-refractivity contribution in [3.8, 4) is 5.75 Å². The first-order valence-corrected chi connectivity index (χ1v) is 9.57. The Labute approximate surface area is 173 Å². The first-order valence-electron chi connectivity index (χ1n) is 8.81. The lowest BCUT2D eigenvalue weighted by atomic mass is 10.0. The summed E-state index contributed by atoms with van der Waals surface area (Å²) in [6.45, 7) is 2.41. The lowest BCUT2D eigenvalue weighted by Crippen LogP contribution is -2.03. The van der Waals surface area contributed by atoms with Crippen LogP contribution < -0.4 is 10.1 Å². The van der Waals surface area contributed by atoms with Gasteiger partial charge in [-0.1, -0.05) is 71.2 Å². The second-order valence-corrected chi connectivity index (χ2v) is 7.46. The highest BCUT2D eigenvalue weighted by atomic mass is 35.5. The Balaban J connectivity index is 1.59. The molecular formula is C23H17Cl2NO2. The molecule has 0 radical (unpaired) electrons. The standard InChI is InChI=1S/C23H17Cl2NO2/c1-14-6-8-15(9-7-14)13-28-22-19(24)11-16(12-20(22)25)10-18-17-4-2-3-5-21(17)26-23(18)27/h2-12H,13H2,1H3,(H,26,27)/b18-10-. The first-order chi connectivity index (χ1) is 13.5. The summed E-state index contributed by atoms with van der Waals surface area (Å²) in [5.74, 6) is 0.287. The number of carbonyl (C=O) groups excluding carboxylic acids is 1. The van der Waals surface area contributed by atoms with E-state index in [1.165, 1.54) is 5.56 Å². The summed E-state index contributed by atoms with van der Waals surface area (Å²) in [5.41, 5.74) is 5.20. The predicted molar refractivity (Wildman–Crippen MR) is 115 cm³/mol. The van der Waals surface area contributed by atoms with Gasteiger partial charge in [-0.3, -0.25) is 4.79 Å². The molecule has 0 aromatic heterocycles.